The Balaban J connectivity index is 1.66. The van der Waals surface area contributed by atoms with Crippen molar-refractivity contribution >= 4 is 33.2 Å². The summed E-state index contributed by atoms with van der Waals surface area (Å²) in [5.74, 6) is -0.660. The van der Waals surface area contributed by atoms with Crippen molar-refractivity contribution in [3.05, 3.63) is 93.5 Å². The van der Waals surface area contributed by atoms with E-state index in [1.165, 1.54) is 23.3 Å². The number of carbonyl (C=O) groups is 1. The largest absolute Gasteiger partial charge is 0.417 e. The lowest BCUT2D eigenvalue weighted by Crippen LogP contribution is -2.41. The van der Waals surface area contributed by atoms with Gasteiger partial charge >= 0.3 is 6.18 Å². The van der Waals surface area contributed by atoms with E-state index in [0.717, 1.165) is 42.5 Å². The maximum Gasteiger partial charge on any atom is 0.417 e. The zero-order valence-electron chi connectivity index (χ0n) is 20.3. The lowest BCUT2D eigenvalue weighted by molar-refractivity contribution is -0.137. The molecule has 0 radical (unpaired) electrons. The Morgan fingerprint density at radius 2 is 1.70 bits per heavy atom. The third kappa shape index (κ3) is 5.93. The Labute approximate surface area is 219 Å². The van der Waals surface area contributed by atoms with E-state index in [9.17, 15) is 26.4 Å². The molecule has 1 aliphatic carbocycles. The highest BCUT2D eigenvalue weighted by molar-refractivity contribution is 7.92. The fourth-order valence-electron chi connectivity index (χ4n) is 4.40. The molecule has 0 heterocycles. The predicted molar refractivity (Wildman–Crippen MR) is 137 cm³/mol. The van der Waals surface area contributed by atoms with Crippen molar-refractivity contribution in [1.29, 1.82) is 0 Å². The van der Waals surface area contributed by atoms with Crippen LogP contribution >= 0.6 is 11.6 Å². The van der Waals surface area contributed by atoms with Crippen LogP contribution in [0, 0.1) is 6.92 Å². The second kappa shape index (κ2) is 10.4. The van der Waals surface area contributed by atoms with Crippen LogP contribution in [0.1, 0.15) is 47.2 Å². The molecule has 196 valence electrons. The number of amides is 1. The summed E-state index contributed by atoms with van der Waals surface area (Å²) in [7, 11) is -4.39. The normalized spacial score (nSPS) is 14.2. The van der Waals surface area contributed by atoms with Crippen LogP contribution in [0.3, 0.4) is 0 Å². The number of hydrogen-bond donors (Lipinski definition) is 1. The third-order valence-electron chi connectivity index (χ3n) is 6.44. The molecule has 1 N–H and O–H groups in total. The quantitative estimate of drug-likeness (QED) is 0.379. The van der Waals surface area contributed by atoms with Crippen molar-refractivity contribution in [1.82, 2.24) is 5.32 Å². The van der Waals surface area contributed by atoms with Gasteiger partial charge in [0.15, 0.2) is 0 Å². The highest BCUT2D eigenvalue weighted by Crippen LogP contribution is 2.38. The molecule has 1 amide bonds. The summed E-state index contributed by atoms with van der Waals surface area (Å²) in [5, 5.41) is 2.21. The minimum absolute atomic E-state index is 0.152. The molecule has 4 rings (SSSR count). The molecule has 0 aromatic heterocycles. The smallest absolute Gasteiger partial charge is 0.348 e. The van der Waals surface area contributed by atoms with Gasteiger partial charge in [0, 0.05) is 0 Å². The second-order valence-electron chi connectivity index (χ2n) is 9.16. The van der Waals surface area contributed by atoms with Crippen LogP contribution < -0.4 is 9.62 Å². The Morgan fingerprint density at radius 1 is 1.03 bits per heavy atom. The molecule has 1 atom stereocenters. The number of halogens is 4. The van der Waals surface area contributed by atoms with Crippen LogP contribution in [0.4, 0.5) is 18.9 Å². The van der Waals surface area contributed by atoms with E-state index in [1.54, 1.807) is 26.0 Å². The van der Waals surface area contributed by atoms with Crippen molar-refractivity contribution in [3.63, 3.8) is 0 Å². The number of anilines is 1. The number of rotatable bonds is 7. The topological polar surface area (TPSA) is 66.5 Å². The summed E-state index contributed by atoms with van der Waals surface area (Å²) in [6.07, 6.45) is -1.75. The highest BCUT2D eigenvalue weighted by Gasteiger charge is 2.35. The number of aryl methyl sites for hydroxylation is 3. The van der Waals surface area contributed by atoms with E-state index in [2.05, 4.69) is 5.32 Å². The summed E-state index contributed by atoms with van der Waals surface area (Å²) in [6.45, 7) is 2.83. The number of sulfonamides is 1. The lowest BCUT2D eigenvalue weighted by atomic mass is 10.0. The summed E-state index contributed by atoms with van der Waals surface area (Å²) in [6, 6.07) is 14.2. The van der Waals surface area contributed by atoms with Gasteiger partial charge in [-0.2, -0.15) is 13.2 Å². The first-order chi connectivity index (χ1) is 17.4. The number of benzene rings is 3. The van der Waals surface area contributed by atoms with Crippen molar-refractivity contribution in [3.8, 4) is 0 Å². The molecule has 0 fully saturated rings. The summed E-state index contributed by atoms with van der Waals surface area (Å²) in [5.41, 5.74) is 2.66. The van der Waals surface area contributed by atoms with Crippen molar-refractivity contribution in [2.45, 2.75) is 50.2 Å². The van der Waals surface area contributed by atoms with Crippen LogP contribution in [-0.4, -0.2) is 20.9 Å². The monoisotopic (exact) mass is 550 g/mol. The Kier molecular flexibility index (Phi) is 7.57. The molecule has 3 aromatic rings. The van der Waals surface area contributed by atoms with Gasteiger partial charge in [0.2, 0.25) is 5.91 Å². The molecule has 37 heavy (non-hydrogen) atoms. The Hall–Kier alpha value is -3.04. The number of hydrogen-bond acceptors (Lipinski definition) is 3. The fourth-order valence-corrected chi connectivity index (χ4v) is 6.04. The molecule has 1 aliphatic rings. The van der Waals surface area contributed by atoms with E-state index in [4.69, 9.17) is 11.6 Å². The maximum atomic E-state index is 13.5. The van der Waals surface area contributed by atoms with Gasteiger partial charge in [-0.05, 0) is 80.1 Å². The van der Waals surface area contributed by atoms with Crippen molar-refractivity contribution in [2.24, 2.45) is 0 Å². The predicted octanol–water partition coefficient (Wildman–Crippen LogP) is 6.23. The van der Waals surface area contributed by atoms with Gasteiger partial charge in [0.25, 0.3) is 10.0 Å². The minimum atomic E-state index is -4.81. The number of nitrogens with one attached hydrogen (secondary N) is 1. The molecule has 0 saturated heterocycles. The molecule has 0 bridgehead atoms. The molecule has 0 aliphatic heterocycles. The minimum Gasteiger partial charge on any atom is -0.348 e. The molecule has 0 spiro atoms. The van der Waals surface area contributed by atoms with E-state index < -0.39 is 45.3 Å². The van der Waals surface area contributed by atoms with Crippen LogP contribution in [-0.2, 0) is 33.8 Å². The van der Waals surface area contributed by atoms with E-state index in [0.29, 0.717) is 10.4 Å². The molecule has 5 nitrogen and oxygen atoms in total. The number of fused-ring (bicyclic) bond motifs is 1. The highest BCUT2D eigenvalue weighted by atomic mass is 35.5. The Bertz CT molecular complexity index is 1420. The van der Waals surface area contributed by atoms with Gasteiger partial charge in [0.1, 0.15) is 6.54 Å². The lowest BCUT2D eigenvalue weighted by Gasteiger charge is -2.26. The van der Waals surface area contributed by atoms with Crippen LogP contribution in [0.2, 0.25) is 5.02 Å². The van der Waals surface area contributed by atoms with E-state index in [1.807, 2.05) is 18.2 Å². The standard InChI is InChI=1S/C27H26ClF3N2O3S/c1-17-6-11-23(12-7-17)37(35,36)33(22-10-13-25(28)24(15-22)27(29,30)31)16-26(34)32-18(2)20-9-8-19-4-3-5-21(19)14-20/h6-15,18H,3-5,16H2,1-2H3,(H,32,34)/t18-/m1/s1. The van der Waals surface area contributed by atoms with Crippen LogP contribution in [0.15, 0.2) is 65.6 Å². The zero-order valence-corrected chi connectivity index (χ0v) is 21.8. The van der Waals surface area contributed by atoms with Gasteiger partial charge < -0.3 is 5.32 Å². The van der Waals surface area contributed by atoms with Gasteiger partial charge in [0.05, 0.1) is 27.2 Å². The summed E-state index contributed by atoms with van der Waals surface area (Å²) < 4.78 is 68.4. The van der Waals surface area contributed by atoms with Crippen molar-refractivity contribution in [2.75, 3.05) is 10.8 Å². The number of carbonyl (C=O) groups excluding carboxylic acids is 1. The number of alkyl halides is 3. The summed E-state index contributed by atoms with van der Waals surface area (Å²) >= 11 is 5.75. The maximum absolute atomic E-state index is 13.5. The van der Waals surface area contributed by atoms with Crippen molar-refractivity contribution < 1.29 is 26.4 Å². The molecule has 0 unspecified atom stereocenters. The average Bonchev–Trinajstić information content (AvgIpc) is 3.30. The van der Waals surface area contributed by atoms with E-state index >= 15 is 0 Å². The van der Waals surface area contributed by atoms with Crippen LogP contribution in [0.5, 0.6) is 0 Å². The molecular weight excluding hydrogens is 525 g/mol. The number of nitrogens with zero attached hydrogens (tertiary/aromatic N) is 1. The first-order valence-corrected chi connectivity index (χ1v) is 13.6. The third-order valence-corrected chi connectivity index (χ3v) is 8.56. The Morgan fingerprint density at radius 3 is 2.38 bits per heavy atom. The van der Waals surface area contributed by atoms with Crippen LogP contribution in [0.25, 0.3) is 0 Å². The molecule has 10 heteroatoms. The fraction of sp³-hybridized carbons (Fsp3) is 0.296. The summed E-state index contributed by atoms with van der Waals surface area (Å²) in [4.78, 5) is 12.9. The van der Waals surface area contributed by atoms with Gasteiger partial charge in [-0.25, -0.2) is 8.42 Å². The van der Waals surface area contributed by atoms with E-state index in [-0.39, 0.29) is 10.6 Å². The average molecular weight is 551 g/mol. The zero-order chi connectivity index (χ0) is 27.0. The first-order valence-electron chi connectivity index (χ1n) is 11.7. The van der Waals surface area contributed by atoms with Gasteiger partial charge in [-0.3, -0.25) is 9.10 Å². The molecule has 3 aromatic carbocycles. The first kappa shape index (κ1) is 27.0. The van der Waals surface area contributed by atoms with Gasteiger partial charge in [-0.15, -0.1) is 0 Å². The SMILES string of the molecule is Cc1ccc(S(=O)(=O)N(CC(=O)N[C@H](C)c2ccc3c(c2)CCC3)c2ccc(Cl)c(C(F)(F)F)c2)cc1. The second-order valence-corrected chi connectivity index (χ2v) is 11.4. The molecule has 0 saturated carbocycles. The van der Waals surface area contributed by atoms with Gasteiger partial charge in [-0.1, -0.05) is 47.5 Å². The molecular formula is C27H26ClF3N2O3S.